The van der Waals surface area contributed by atoms with E-state index in [1.165, 1.54) is 17.1 Å². The number of β-lactam (4-membered cyclic amide) rings is 1. The van der Waals surface area contributed by atoms with E-state index in [0.717, 1.165) is 40.7 Å². The van der Waals surface area contributed by atoms with Gasteiger partial charge in [-0.25, -0.2) is 23.7 Å². The maximum absolute atomic E-state index is 13.2. The van der Waals surface area contributed by atoms with E-state index < -0.39 is 6.43 Å². The number of nitrogens with zero attached hydrogens (tertiary/aromatic N) is 5. The molecule has 0 bridgehead atoms. The molecule has 1 aliphatic heterocycles. The Morgan fingerprint density at radius 3 is 2.72 bits per heavy atom. The molecule has 2 fully saturated rings. The minimum Gasteiger partial charge on any atom is -0.345 e. The lowest BCUT2D eigenvalue weighted by molar-refractivity contribution is -0.131. The van der Waals surface area contributed by atoms with Gasteiger partial charge in [0.15, 0.2) is 0 Å². The standard InChI is InChI=1S/C23H20F2N6O/c1-12-6-19(30-9-18(22(24)25)29-11-30)26-8-15(12)21-20(13-2-3-13)23(32)31(21)14-4-5-16-17(7-14)28-10-27-16/h4-11,13,20-22H,2-3H2,1H3,(H,27,28)/t20-,21+/m1/s1. The largest absolute Gasteiger partial charge is 0.345 e. The third kappa shape index (κ3) is 2.91. The number of benzene rings is 1. The van der Waals surface area contributed by atoms with Gasteiger partial charge >= 0.3 is 0 Å². The van der Waals surface area contributed by atoms with Crippen LogP contribution in [0.2, 0.25) is 0 Å². The molecule has 0 unspecified atom stereocenters. The fourth-order valence-corrected chi connectivity index (χ4v) is 4.70. The number of alkyl halides is 2. The van der Waals surface area contributed by atoms with Gasteiger partial charge < -0.3 is 9.88 Å². The maximum Gasteiger partial charge on any atom is 0.281 e. The van der Waals surface area contributed by atoms with Crippen molar-refractivity contribution in [3.63, 3.8) is 0 Å². The molecule has 162 valence electrons. The Labute approximate surface area is 182 Å². The van der Waals surface area contributed by atoms with Gasteiger partial charge in [0, 0.05) is 18.1 Å². The predicted molar refractivity (Wildman–Crippen MR) is 114 cm³/mol. The van der Waals surface area contributed by atoms with Crippen LogP contribution in [0.3, 0.4) is 0 Å². The molecular formula is C23H20F2N6O. The number of fused-ring (bicyclic) bond motifs is 1. The Kier molecular flexibility index (Phi) is 4.14. The second-order valence-electron chi connectivity index (χ2n) is 8.53. The molecule has 1 aliphatic carbocycles. The molecule has 0 spiro atoms. The quantitative estimate of drug-likeness (QED) is 0.469. The van der Waals surface area contributed by atoms with E-state index in [-0.39, 0.29) is 23.6 Å². The van der Waals surface area contributed by atoms with Crippen molar-refractivity contribution in [2.75, 3.05) is 4.90 Å². The van der Waals surface area contributed by atoms with Gasteiger partial charge in [0.2, 0.25) is 5.91 Å². The number of carbonyl (C=O) groups excluding carboxylic acids is 1. The number of amides is 1. The normalized spacial score (nSPS) is 20.9. The first-order valence-corrected chi connectivity index (χ1v) is 10.6. The van der Waals surface area contributed by atoms with Crippen LogP contribution in [0, 0.1) is 18.8 Å². The predicted octanol–water partition coefficient (Wildman–Crippen LogP) is 4.50. The molecule has 9 heteroatoms. The van der Waals surface area contributed by atoms with Gasteiger partial charge in [0.1, 0.15) is 17.8 Å². The maximum atomic E-state index is 13.2. The lowest BCUT2D eigenvalue weighted by Crippen LogP contribution is -2.56. The van der Waals surface area contributed by atoms with E-state index in [1.807, 2.05) is 36.1 Å². The number of hydrogen-bond acceptors (Lipinski definition) is 4. The SMILES string of the molecule is Cc1cc(-n2cnc(C(F)F)c2)ncc1[C@H]1[C@@H](C2CC2)C(=O)N1c1ccc2[nH]cnc2c1. The molecule has 0 radical (unpaired) electrons. The monoisotopic (exact) mass is 434 g/mol. The van der Waals surface area contributed by atoms with Gasteiger partial charge in [0.25, 0.3) is 6.43 Å². The van der Waals surface area contributed by atoms with Crippen LogP contribution in [-0.2, 0) is 4.79 Å². The zero-order valence-electron chi connectivity index (χ0n) is 17.2. The molecule has 4 heterocycles. The molecule has 1 saturated heterocycles. The van der Waals surface area contributed by atoms with E-state index in [2.05, 4.69) is 19.9 Å². The number of rotatable bonds is 5. The minimum absolute atomic E-state index is 0.0603. The summed E-state index contributed by atoms with van der Waals surface area (Å²) in [6, 6.07) is 7.54. The van der Waals surface area contributed by atoms with Crippen LogP contribution in [0.25, 0.3) is 16.9 Å². The van der Waals surface area contributed by atoms with Crippen molar-refractivity contribution in [2.24, 2.45) is 11.8 Å². The van der Waals surface area contributed by atoms with Gasteiger partial charge in [-0.15, -0.1) is 0 Å². The summed E-state index contributed by atoms with van der Waals surface area (Å²) in [7, 11) is 0. The molecular weight excluding hydrogens is 414 g/mol. The molecule has 1 amide bonds. The van der Waals surface area contributed by atoms with Crippen LogP contribution in [0.15, 0.2) is 49.3 Å². The van der Waals surface area contributed by atoms with Crippen molar-refractivity contribution in [1.82, 2.24) is 24.5 Å². The summed E-state index contributed by atoms with van der Waals surface area (Å²) >= 11 is 0. The van der Waals surface area contributed by atoms with Crippen LogP contribution in [0.1, 0.15) is 42.1 Å². The number of nitrogens with one attached hydrogen (secondary N) is 1. The average Bonchev–Trinajstić information content (AvgIpc) is 3.26. The first-order chi connectivity index (χ1) is 15.5. The number of aromatic amines is 1. The molecule has 1 saturated carbocycles. The molecule has 1 N–H and O–H groups in total. The third-order valence-corrected chi connectivity index (χ3v) is 6.50. The number of halogens is 2. The van der Waals surface area contributed by atoms with Crippen molar-refractivity contribution in [1.29, 1.82) is 0 Å². The minimum atomic E-state index is -2.63. The summed E-state index contributed by atoms with van der Waals surface area (Å²) in [5.74, 6) is 0.991. The average molecular weight is 434 g/mol. The lowest BCUT2D eigenvalue weighted by atomic mass is 9.78. The zero-order chi connectivity index (χ0) is 22.0. The smallest absolute Gasteiger partial charge is 0.281 e. The van der Waals surface area contributed by atoms with Crippen molar-refractivity contribution >= 4 is 22.6 Å². The molecule has 1 aromatic carbocycles. The van der Waals surface area contributed by atoms with E-state index >= 15 is 0 Å². The fourth-order valence-electron chi connectivity index (χ4n) is 4.70. The first-order valence-electron chi connectivity index (χ1n) is 10.6. The van der Waals surface area contributed by atoms with Gasteiger partial charge in [0.05, 0.1) is 29.3 Å². The van der Waals surface area contributed by atoms with E-state index in [1.54, 1.807) is 12.5 Å². The summed E-state index contributed by atoms with van der Waals surface area (Å²) < 4.78 is 27.3. The number of H-pyrrole nitrogens is 1. The summed E-state index contributed by atoms with van der Waals surface area (Å²) in [5.41, 5.74) is 4.19. The highest BCUT2D eigenvalue weighted by atomic mass is 19.3. The molecule has 2 atom stereocenters. The molecule has 4 aromatic rings. The van der Waals surface area contributed by atoms with E-state index in [4.69, 9.17) is 0 Å². The van der Waals surface area contributed by atoms with Crippen molar-refractivity contribution in [2.45, 2.75) is 32.2 Å². The van der Waals surface area contributed by atoms with Crippen molar-refractivity contribution < 1.29 is 13.6 Å². The second kappa shape index (κ2) is 6.94. The number of aromatic nitrogens is 5. The van der Waals surface area contributed by atoms with Gasteiger partial charge in [-0.3, -0.25) is 9.36 Å². The van der Waals surface area contributed by atoms with E-state index in [9.17, 15) is 13.6 Å². The van der Waals surface area contributed by atoms with Crippen LogP contribution in [0.4, 0.5) is 14.5 Å². The lowest BCUT2D eigenvalue weighted by Gasteiger charge is -2.48. The van der Waals surface area contributed by atoms with Gasteiger partial charge in [-0.05, 0) is 61.1 Å². The van der Waals surface area contributed by atoms with E-state index in [0.29, 0.717) is 11.7 Å². The number of pyridine rings is 1. The Morgan fingerprint density at radius 2 is 2.00 bits per heavy atom. The number of anilines is 1. The van der Waals surface area contributed by atoms with Crippen LogP contribution < -0.4 is 4.90 Å². The Bertz CT molecular complexity index is 1340. The highest BCUT2D eigenvalue weighted by Crippen LogP contribution is 2.54. The summed E-state index contributed by atoms with van der Waals surface area (Å²) in [5, 5.41) is 0. The van der Waals surface area contributed by atoms with Crippen LogP contribution >= 0.6 is 0 Å². The van der Waals surface area contributed by atoms with Crippen LogP contribution in [0.5, 0.6) is 0 Å². The topological polar surface area (TPSA) is 79.7 Å². The Morgan fingerprint density at radius 1 is 1.16 bits per heavy atom. The van der Waals surface area contributed by atoms with Gasteiger partial charge in [-0.1, -0.05) is 0 Å². The van der Waals surface area contributed by atoms with Crippen molar-refractivity contribution in [3.8, 4) is 5.82 Å². The molecule has 6 rings (SSSR count). The van der Waals surface area contributed by atoms with Crippen molar-refractivity contribution in [3.05, 3.63) is 66.1 Å². The zero-order valence-corrected chi connectivity index (χ0v) is 17.2. The third-order valence-electron chi connectivity index (χ3n) is 6.50. The molecule has 7 nitrogen and oxygen atoms in total. The molecule has 3 aromatic heterocycles. The summed E-state index contributed by atoms with van der Waals surface area (Å²) in [4.78, 5) is 30.7. The highest BCUT2D eigenvalue weighted by Gasteiger charge is 2.55. The first kappa shape index (κ1) is 19.1. The Balaban J connectivity index is 1.37. The summed E-state index contributed by atoms with van der Waals surface area (Å²) in [6.07, 6.45) is 5.53. The molecule has 32 heavy (non-hydrogen) atoms. The second-order valence-corrected chi connectivity index (χ2v) is 8.53. The summed E-state index contributed by atoms with van der Waals surface area (Å²) in [6.45, 7) is 1.97. The Hall–Kier alpha value is -3.62. The van der Waals surface area contributed by atoms with Crippen LogP contribution in [-0.4, -0.2) is 30.4 Å². The number of imidazole rings is 2. The number of carbonyl (C=O) groups is 1. The molecule has 2 aliphatic rings. The van der Waals surface area contributed by atoms with Gasteiger partial charge in [-0.2, -0.15) is 0 Å². The highest BCUT2D eigenvalue weighted by molar-refractivity contribution is 6.04. The number of aryl methyl sites for hydroxylation is 1. The fraction of sp³-hybridized carbons (Fsp3) is 0.304. The number of hydrogen-bond donors (Lipinski definition) is 1.